The van der Waals surface area contributed by atoms with E-state index in [1.54, 1.807) is 0 Å². The predicted octanol–water partition coefficient (Wildman–Crippen LogP) is 4.12. The molecule has 0 spiro atoms. The molecule has 0 bridgehead atoms. The number of H-pyrrole nitrogens is 1. The number of aromatic nitrogens is 2. The van der Waals surface area contributed by atoms with E-state index in [9.17, 15) is 5.11 Å². The summed E-state index contributed by atoms with van der Waals surface area (Å²) < 4.78 is 0. The van der Waals surface area contributed by atoms with Gasteiger partial charge >= 0.3 is 0 Å². The Morgan fingerprint density at radius 2 is 1.88 bits per heavy atom. The van der Waals surface area contributed by atoms with E-state index in [0.29, 0.717) is 5.41 Å². The van der Waals surface area contributed by atoms with Gasteiger partial charge in [-0.3, -0.25) is 5.10 Å². The van der Waals surface area contributed by atoms with Crippen molar-refractivity contribution in [3.05, 3.63) is 17.5 Å². The molecule has 3 saturated carbocycles. The fraction of sp³-hybridized carbons (Fsp3) is 0.857. The van der Waals surface area contributed by atoms with Crippen LogP contribution in [0.1, 0.15) is 70.6 Å². The molecular formula is C21H32N2O. The fourth-order valence-corrected chi connectivity index (χ4v) is 7.71. The van der Waals surface area contributed by atoms with E-state index < -0.39 is 5.60 Å². The lowest BCUT2D eigenvalue weighted by Gasteiger charge is -2.60. The number of aromatic amines is 1. The lowest BCUT2D eigenvalue weighted by molar-refractivity contribution is -0.139. The molecule has 1 aromatic heterocycles. The highest BCUT2D eigenvalue weighted by Gasteiger charge is 2.63. The minimum absolute atomic E-state index is 0.146. The maximum Gasteiger partial charge on any atom is 0.0675 e. The predicted molar refractivity (Wildman–Crippen MR) is 94.5 cm³/mol. The van der Waals surface area contributed by atoms with Crippen molar-refractivity contribution >= 4 is 0 Å². The molecule has 3 nitrogen and oxygen atoms in total. The highest BCUT2D eigenvalue weighted by Crippen LogP contribution is 2.67. The van der Waals surface area contributed by atoms with Crippen molar-refractivity contribution in [1.29, 1.82) is 0 Å². The topological polar surface area (TPSA) is 48.9 Å². The summed E-state index contributed by atoms with van der Waals surface area (Å²) in [6, 6.07) is 0. The largest absolute Gasteiger partial charge is 0.390 e. The van der Waals surface area contributed by atoms with Crippen LogP contribution in [0.15, 0.2) is 6.20 Å². The first-order chi connectivity index (χ1) is 11.4. The van der Waals surface area contributed by atoms with Crippen LogP contribution >= 0.6 is 0 Å². The maximum atomic E-state index is 11.0. The summed E-state index contributed by atoms with van der Waals surface area (Å²) in [6.45, 7) is 7.09. The van der Waals surface area contributed by atoms with Crippen molar-refractivity contribution in [3.63, 3.8) is 0 Å². The zero-order valence-corrected chi connectivity index (χ0v) is 15.4. The molecule has 7 atom stereocenters. The lowest BCUT2D eigenvalue weighted by atomic mass is 9.44. The van der Waals surface area contributed by atoms with Gasteiger partial charge in [-0.25, -0.2) is 0 Å². The molecule has 0 aliphatic heterocycles. The number of fused-ring (bicyclic) bond motifs is 6. The maximum absolute atomic E-state index is 11.0. The van der Waals surface area contributed by atoms with Gasteiger partial charge in [-0.15, -0.1) is 0 Å². The van der Waals surface area contributed by atoms with Crippen LogP contribution in [0.3, 0.4) is 0 Å². The zero-order chi connectivity index (χ0) is 16.7. The van der Waals surface area contributed by atoms with E-state index in [0.717, 1.165) is 30.1 Å². The van der Waals surface area contributed by atoms with Gasteiger partial charge in [-0.2, -0.15) is 5.10 Å². The van der Waals surface area contributed by atoms with Crippen LogP contribution in [0, 0.1) is 34.5 Å². The highest BCUT2D eigenvalue weighted by atomic mass is 16.3. The van der Waals surface area contributed by atoms with Gasteiger partial charge in [0.15, 0.2) is 0 Å². The van der Waals surface area contributed by atoms with Crippen LogP contribution < -0.4 is 0 Å². The van der Waals surface area contributed by atoms with Crippen LogP contribution in [-0.4, -0.2) is 20.9 Å². The Kier molecular flexibility index (Phi) is 3.00. The molecule has 3 fully saturated rings. The molecule has 24 heavy (non-hydrogen) atoms. The number of rotatable bonds is 0. The van der Waals surface area contributed by atoms with E-state index >= 15 is 0 Å². The fourth-order valence-electron chi connectivity index (χ4n) is 7.71. The third-order valence-corrected chi connectivity index (χ3v) is 9.45. The molecule has 132 valence electrons. The zero-order valence-electron chi connectivity index (χ0n) is 15.4. The molecule has 0 radical (unpaired) electrons. The Balaban J connectivity index is 1.50. The minimum atomic E-state index is -0.454. The first kappa shape index (κ1) is 15.4. The number of nitrogens with one attached hydrogen (secondary N) is 1. The van der Waals surface area contributed by atoms with E-state index in [4.69, 9.17) is 0 Å². The first-order valence-electron chi connectivity index (χ1n) is 10.1. The molecule has 5 rings (SSSR count). The smallest absolute Gasteiger partial charge is 0.0675 e. The van der Waals surface area contributed by atoms with Crippen molar-refractivity contribution in [3.8, 4) is 0 Å². The molecular weight excluding hydrogens is 296 g/mol. The molecule has 0 saturated heterocycles. The normalized spacial score (nSPS) is 53.0. The average Bonchev–Trinajstić information content (AvgIpc) is 3.06. The molecule has 0 aromatic carbocycles. The van der Waals surface area contributed by atoms with Crippen molar-refractivity contribution in [1.82, 2.24) is 10.2 Å². The number of hydrogen-bond donors (Lipinski definition) is 2. The monoisotopic (exact) mass is 328 g/mol. The van der Waals surface area contributed by atoms with Crippen LogP contribution in [0.25, 0.3) is 0 Å². The van der Waals surface area contributed by atoms with Gasteiger partial charge in [0.2, 0.25) is 0 Å². The Morgan fingerprint density at radius 1 is 1.08 bits per heavy atom. The summed E-state index contributed by atoms with van der Waals surface area (Å²) >= 11 is 0. The molecule has 1 unspecified atom stereocenters. The van der Waals surface area contributed by atoms with Crippen molar-refractivity contribution < 1.29 is 5.11 Å². The average molecular weight is 329 g/mol. The standard InChI is InChI=1S/C21H32N2O/c1-19-11-13-12-22-23-18(13)10-14(19)4-5-15-16(19)6-8-20(2)17(15)7-9-21(20,3)24/h12,14-17,24H,4-11H2,1-3H3,(H,22,23)/t14-,15+,16?,17-,19-,20-,21-/m0/s1. The van der Waals surface area contributed by atoms with E-state index in [1.807, 2.05) is 0 Å². The summed E-state index contributed by atoms with van der Waals surface area (Å²) in [4.78, 5) is 0. The van der Waals surface area contributed by atoms with E-state index in [2.05, 4.69) is 37.2 Å². The summed E-state index contributed by atoms with van der Waals surface area (Å²) in [5.74, 6) is 3.20. The first-order valence-corrected chi connectivity index (χ1v) is 10.1. The second-order valence-corrected chi connectivity index (χ2v) is 10.2. The van der Waals surface area contributed by atoms with Gasteiger partial charge in [0.1, 0.15) is 0 Å². The Bertz CT molecular complexity index is 665. The Morgan fingerprint density at radius 3 is 2.71 bits per heavy atom. The van der Waals surface area contributed by atoms with Crippen LogP contribution in [0.5, 0.6) is 0 Å². The Hall–Kier alpha value is -0.830. The van der Waals surface area contributed by atoms with Gasteiger partial charge in [-0.1, -0.05) is 13.8 Å². The van der Waals surface area contributed by atoms with Gasteiger partial charge in [-0.05, 0) is 98.4 Å². The van der Waals surface area contributed by atoms with E-state index in [-0.39, 0.29) is 5.41 Å². The van der Waals surface area contributed by atoms with Gasteiger partial charge in [0.25, 0.3) is 0 Å². The van der Waals surface area contributed by atoms with Crippen molar-refractivity contribution in [2.45, 2.75) is 77.7 Å². The quantitative estimate of drug-likeness (QED) is 0.752. The third kappa shape index (κ3) is 1.75. The van der Waals surface area contributed by atoms with Crippen molar-refractivity contribution in [2.75, 3.05) is 0 Å². The van der Waals surface area contributed by atoms with Gasteiger partial charge in [0.05, 0.1) is 11.3 Å². The summed E-state index contributed by atoms with van der Waals surface area (Å²) in [5.41, 5.74) is 2.94. The molecule has 4 aliphatic carbocycles. The highest BCUT2D eigenvalue weighted by molar-refractivity contribution is 5.26. The van der Waals surface area contributed by atoms with Crippen molar-refractivity contribution in [2.24, 2.45) is 34.5 Å². The molecule has 0 amide bonds. The lowest BCUT2D eigenvalue weighted by Crippen LogP contribution is -2.56. The minimum Gasteiger partial charge on any atom is -0.390 e. The SMILES string of the molecule is C[C@]1(O)CC[C@H]2[C@@H]3CC[C@H]4Cc5n[nH]cc5C[C@]4(C)C3CC[C@@]21C. The summed E-state index contributed by atoms with van der Waals surface area (Å²) in [6.07, 6.45) is 12.0. The molecule has 3 heteroatoms. The molecule has 4 aliphatic rings. The Labute approximate surface area is 145 Å². The van der Waals surface area contributed by atoms with Crippen LogP contribution in [-0.2, 0) is 12.8 Å². The molecule has 1 aromatic rings. The third-order valence-electron chi connectivity index (χ3n) is 9.45. The van der Waals surface area contributed by atoms with Gasteiger partial charge in [0, 0.05) is 6.20 Å². The molecule has 1 heterocycles. The number of aliphatic hydroxyl groups is 1. The van der Waals surface area contributed by atoms with Crippen LogP contribution in [0.2, 0.25) is 0 Å². The number of hydrogen-bond acceptors (Lipinski definition) is 2. The second kappa shape index (κ2) is 4.66. The number of nitrogens with zero attached hydrogens (tertiary/aromatic N) is 1. The summed E-state index contributed by atoms with van der Waals surface area (Å²) in [5, 5.41) is 18.6. The molecule has 2 N–H and O–H groups in total. The van der Waals surface area contributed by atoms with Crippen LogP contribution in [0.4, 0.5) is 0 Å². The summed E-state index contributed by atoms with van der Waals surface area (Å²) in [7, 11) is 0. The van der Waals surface area contributed by atoms with Gasteiger partial charge < -0.3 is 5.11 Å². The van der Waals surface area contributed by atoms with E-state index in [1.165, 1.54) is 56.2 Å². The second-order valence-electron chi connectivity index (χ2n) is 10.2.